The van der Waals surface area contributed by atoms with Crippen molar-refractivity contribution in [2.75, 3.05) is 24.5 Å². The molecule has 0 spiro atoms. The predicted molar refractivity (Wildman–Crippen MR) is 89.0 cm³/mol. The van der Waals surface area contributed by atoms with Crippen LogP contribution >= 0.6 is 11.3 Å². The van der Waals surface area contributed by atoms with Crippen LogP contribution in [-0.4, -0.2) is 62.4 Å². The van der Waals surface area contributed by atoms with Crippen LogP contribution in [0.2, 0.25) is 0 Å². The van der Waals surface area contributed by atoms with E-state index in [4.69, 9.17) is 0 Å². The topological polar surface area (TPSA) is 111 Å². The maximum Gasteiger partial charge on any atom is 0.270 e. The summed E-state index contributed by atoms with van der Waals surface area (Å²) in [6, 6.07) is 1.83. The van der Waals surface area contributed by atoms with Gasteiger partial charge in [-0.2, -0.15) is 0 Å². The Balaban J connectivity index is 1.61. The lowest BCUT2D eigenvalue weighted by atomic mass is 9.88. The van der Waals surface area contributed by atoms with Gasteiger partial charge in [0.1, 0.15) is 29.5 Å². The number of hydrogen-bond donors (Lipinski definition) is 3. The summed E-state index contributed by atoms with van der Waals surface area (Å²) >= 11 is 1.33. The van der Waals surface area contributed by atoms with Gasteiger partial charge in [-0.3, -0.25) is 4.79 Å². The molecule has 3 rings (SSSR count). The highest BCUT2D eigenvalue weighted by molar-refractivity contribution is 7.07. The maximum atomic E-state index is 11.9. The van der Waals surface area contributed by atoms with Gasteiger partial charge in [0.15, 0.2) is 0 Å². The molecule has 128 valence electrons. The third-order valence-electron chi connectivity index (χ3n) is 4.16. The summed E-state index contributed by atoms with van der Waals surface area (Å²) in [7, 11) is 0. The second-order valence-corrected chi connectivity index (χ2v) is 6.61. The zero-order valence-corrected chi connectivity index (χ0v) is 14.0. The fraction of sp³-hybridized carbons (Fsp3) is 0.467. The average molecular weight is 349 g/mol. The normalized spacial score (nSPS) is 24.0. The molecule has 8 nitrogen and oxygen atoms in total. The van der Waals surface area contributed by atoms with Crippen LogP contribution in [0.1, 0.15) is 22.6 Å². The van der Waals surface area contributed by atoms with E-state index in [0.29, 0.717) is 18.7 Å². The second kappa shape index (κ2) is 6.80. The number of carbonyl (C=O) groups excluding carboxylic acids is 1. The number of rotatable bonds is 4. The van der Waals surface area contributed by atoms with E-state index in [1.54, 1.807) is 10.9 Å². The van der Waals surface area contributed by atoms with Crippen LogP contribution in [-0.2, 0) is 0 Å². The molecule has 0 unspecified atom stereocenters. The van der Waals surface area contributed by atoms with Crippen LogP contribution in [0.3, 0.4) is 0 Å². The molecule has 3 N–H and O–H groups in total. The lowest BCUT2D eigenvalue weighted by Crippen LogP contribution is -2.60. The molecule has 1 fully saturated rings. The SMILES string of the molecule is Cc1cc(N2CC[C@@](O)(CNC(=O)c3cscn3)[C@H](O)C2)ncn1. The second-order valence-electron chi connectivity index (χ2n) is 5.89. The van der Waals surface area contributed by atoms with E-state index >= 15 is 0 Å². The van der Waals surface area contributed by atoms with Crippen molar-refractivity contribution in [3.8, 4) is 0 Å². The van der Waals surface area contributed by atoms with Crippen LogP contribution in [0.4, 0.5) is 5.82 Å². The van der Waals surface area contributed by atoms with Crippen molar-refractivity contribution in [3.63, 3.8) is 0 Å². The molecule has 1 saturated heterocycles. The lowest BCUT2D eigenvalue weighted by molar-refractivity contribution is -0.0825. The van der Waals surface area contributed by atoms with Crippen LogP contribution in [0.15, 0.2) is 23.3 Å². The number of β-amino-alcohol motifs (C(OH)–C–C–N with tert-alkyl or cyclic N) is 1. The summed E-state index contributed by atoms with van der Waals surface area (Å²) in [4.78, 5) is 26.0. The Labute approximate surface area is 143 Å². The van der Waals surface area contributed by atoms with Crippen molar-refractivity contribution >= 4 is 23.1 Å². The highest BCUT2D eigenvalue weighted by Crippen LogP contribution is 2.25. The quantitative estimate of drug-likeness (QED) is 0.711. The van der Waals surface area contributed by atoms with E-state index < -0.39 is 11.7 Å². The fourth-order valence-corrected chi connectivity index (χ4v) is 3.17. The molecule has 0 aromatic carbocycles. The zero-order chi connectivity index (χ0) is 17.2. The van der Waals surface area contributed by atoms with E-state index in [9.17, 15) is 15.0 Å². The molecular weight excluding hydrogens is 330 g/mol. The van der Waals surface area contributed by atoms with Crippen LogP contribution in [0, 0.1) is 6.92 Å². The zero-order valence-electron chi connectivity index (χ0n) is 13.2. The van der Waals surface area contributed by atoms with E-state index in [0.717, 1.165) is 11.5 Å². The van der Waals surface area contributed by atoms with Gasteiger partial charge < -0.3 is 20.4 Å². The van der Waals surface area contributed by atoms with Gasteiger partial charge in [-0.05, 0) is 13.3 Å². The van der Waals surface area contributed by atoms with Crippen LogP contribution in [0.5, 0.6) is 0 Å². The first-order valence-corrected chi connectivity index (χ1v) is 8.53. The third-order valence-corrected chi connectivity index (χ3v) is 4.75. The summed E-state index contributed by atoms with van der Waals surface area (Å²) in [6.45, 7) is 2.60. The summed E-state index contributed by atoms with van der Waals surface area (Å²) in [5.41, 5.74) is 1.35. The Bertz CT molecular complexity index is 711. The number of thiazole rings is 1. The molecule has 0 aliphatic carbocycles. The van der Waals surface area contributed by atoms with Crippen molar-refractivity contribution in [1.29, 1.82) is 0 Å². The van der Waals surface area contributed by atoms with Crippen molar-refractivity contribution in [3.05, 3.63) is 34.7 Å². The van der Waals surface area contributed by atoms with Gasteiger partial charge in [-0.1, -0.05) is 0 Å². The minimum absolute atomic E-state index is 0.0266. The number of hydrogen-bond acceptors (Lipinski definition) is 8. The first-order chi connectivity index (χ1) is 11.5. The molecule has 1 aliphatic rings. The first-order valence-electron chi connectivity index (χ1n) is 7.58. The van der Waals surface area contributed by atoms with Crippen LogP contribution < -0.4 is 10.2 Å². The Morgan fingerprint density at radius 3 is 3.00 bits per heavy atom. The molecule has 0 radical (unpaired) electrons. The van der Waals surface area contributed by atoms with Gasteiger partial charge in [0.05, 0.1) is 5.51 Å². The number of carbonyl (C=O) groups is 1. The van der Waals surface area contributed by atoms with Crippen molar-refractivity contribution in [2.24, 2.45) is 0 Å². The number of anilines is 1. The number of aromatic nitrogens is 3. The third kappa shape index (κ3) is 3.53. The molecule has 9 heteroatoms. The predicted octanol–water partition coefficient (Wildman–Crippen LogP) is -0.0264. The Morgan fingerprint density at radius 2 is 2.33 bits per heavy atom. The smallest absolute Gasteiger partial charge is 0.270 e. The number of aliphatic hydroxyl groups excluding tert-OH is 1. The van der Waals surface area contributed by atoms with Gasteiger partial charge in [-0.15, -0.1) is 11.3 Å². The molecule has 1 amide bonds. The first kappa shape index (κ1) is 16.7. The minimum atomic E-state index is -1.37. The van der Waals surface area contributed by atoms with E-state index in [1.807, 2.05) is 17.9 Å². The summed E-state index contributed by atoms with van der Waals surface area (Å²) in [5.74, 6) is 0.362. The Kier molecular flexibility index (Phi) is 4.74. The Hall–Kier alpha value is -2.10. The van der Waals surface area contributed by atoms with Crippen LogP contribution in [0.25, 0.3) is 0 Å². The monoisotopic (exact) mass is 349 g/mol. The van der Waals surface area contributed by atoms with Crippen molar-refractivity contribution in [2.45, 2.75) is 25.0 Å². The highest BCUT2D eigenvalue weighted by atomic mass is 32.1. The molecule has 2 aromatic rings. The molecule has 3 heterocycles. The van der Waals surface area contributed by atoms with E-state index in [2.05, 4.69) is 20.3 Å². The van der Waals surface area contributed by atoms with Gasteiger partial charge in [-0.25, -0.2) is 15.0 Å². The molecule has 2 atom stereocenters. The summed E-state index contributed by atoms with van der Waals surface area (Å²) in [6.07, 6.45) is 0.790. The van der Waals surface area contributed by atoms with E-state index in [1.165, 1.54) is 17.7 Å². The van der Waals surface area contributed by atoms with E-state index in [-0.39, 0.29) is 19.0 Å². The highest BCUT2D eigenvalue weighted by Gasteiger charge is 2.41. The molecular formula is C15H19N5O3S. The van der Waals surface area contributed by atoms with Crippen molar-refractivity contribution < 1.29 is 15.0 Å². The minimum Gasteiger partial charge on any atom is -0.388 e. The number of nitrogens with zero attached hydrogens (tertiary/aromatic N) is 4. The van der Waals surface area contributed by atoms with Gasteiger partial charge in [0.25, 0.3) is 5.91 Å². The number of amides is 1. The molecule has 24 heavy (non-hydrogen) atoms. The molecule has 1 aliphatic heterocycles. The van der Waals surface area contributed by atoms with Gasteiger partial charge in [0, 0.05) is 36.8 Å². The lowest BCUT2D eigenvalue weighted by Gasteiger charge is -2.42. The molecule has 2 aromatic heterocycles. The summed E-state index contributed by atoms with van der Waals surface area (Å²) in [5, 5.41) is 25.3. The maximum absolute atomic E-state index is 11.9. The molecule has 0 saturated carbocycles. The Morgan fingerprint density at radius 1 is 1.50 bits per heavy atom. The van der Waals surface area contributed by atoms with Crippen molar-refractivity contribution in [1.82, 2.24) is 20.3 Å². The summed E-state index contributed by atoms with van der Waals surface area (Å²) < 4.78 is 0. The largest absolute Gasteiger partial charge is 0.388 e. The average Bonchev–Trinajstić information content (AvgIpc) is 3.10. The van der Waals surface area contributed by atoms with Gasteiger partial charge >= 0.3 is 0 Å². The molecule has 0 bridgehead atoms. The fourth-order valence-electron chi connectivity index (χ4n) is 2.64. The number of aryl methyl sites for hydroxylation is 1. The number of aliphatic hydroxyl groups is 2. The standard InChI is InChI=1S/C15H19N5O3S/c1-10-4-13(18-8-17-10)20-3-2-15(23,12(21)5-20)7-16-14(22)11-6-24-9-19-11/h4,6,8-9,12,21,23H,2-3,5,7H2,1H3,(H,16,22)/t12-,15-/m1/s1. The number of piperidine rings is 1. The van der Waals surface area contributed by atoms with Gasteiger partial charge in [0.2, 0.25) is 0 Å². The number of nitrogens with one attached hydrogen (secondary N) is 1.